The molecule has 0 unspecified atom stereocenters. The van der Waals surface area contributed by atoms with Crippen molar-refractivity contribution in [3.63, 3.8) is 0 Å². The molecule has 1 aromatic carbocycles. The maximum atomic E-state index is 10.6. The molecule has 0 fully saturated rings. The smallest absolute Gasteiger partial charge is 0.161 e. The molecule has 16 heavy (non-hydrogen) atoms. The number of terminal acetylenes is 1. The van der Waals surface area contributed by atoms with E-state index in [1.54, 1.807) is 18.2 Å². The van der Waals surface area contributed by atoms with Gasteiger partial charge in [-0.3, -0.25) is 4.79 Å². The third kappa shape index (κ3) is 3.32. The Kier molecular flexibility index (Phi) is 4.94. The van der Waals surface area contributed by atoms with Gasteiger partial charge in [-0.1, -0.05) is 0 Å². The Labute approximate surface area is 95.4 Å². The molecule has 0 saturated carbocycles. The van der Waals surface area contributed by atoms with Gasteiger partial charge in [0, 0.05) is 12.0 Å². The van der Waals surface area contributed by atoms with Crippen LogP contribution in [-0.2, 0) is 0 Å². The largest absolute Gasteiger partial charge is 0.493 e. The van der Waals surface area contributed by atoms with Crippen LogP contribution < -0.4 is 9.47 Å². The first-order chi connectivity index (χ1) is 7.81. The summed E-state index contributed by atoms with van der Waals surface area (Å²) in [6, 6.07) is 5.05. The fourth-order valence-corrected chi connectivity index (χ4v) is 1.23. The fourth-order valence-electron chi connectivity index (χ4n) is 1.23. The van der Waals surface area contributed by atoms with Gasteiger partial charge in [0.2, 0.25) is 0 Å². The summed E-state index contributed by atoms with van der Waals surface area (Å²) < 4.78 is 10.6. The molecule has 0 spiro atoms. The highest BCUT2D eigenvalue weighted by Gasteiger charge is 2.04. The van der Waals surface area contributed by atoms with Crippen molar-refractivity contribution in [3.05, 3.63) is 23.8 Å². The van der Waals surface area contributed by atoms with Crippen LogP contribution >= 0.6 is 0 Å². The van der Waals surface area contributed by atoms with Gasteiger partial charge in [0.05, 0.1) is 13.7 Å². The van der Waals surface area contributed by atoms with E-state index in [1.807, 2.05) is 0 Å². The molecule has 0 aliphatic rings. The van der Waals surface area contributed by atoms with E-state index in [-0.39, 0.29) is 0 Å². The van der Waals surface area contributed by atoms with Crippen molar-refractivity contribution in [1.82, 2.24) is 0 Å². The van der Waals surface area contributed by atoms with Crippen LogP contribution in [0.4, 0.5) is 0 Å². The van der Waals surface area contributed by atoms with Crippen molar-refractivity contribution in [1.29, 1.82) is 0 Å². The van der Waals surface area contributed by atoms with E-state index in [4.69, 9.17) is 15.9 Å². The van der Waals surface area contributed by atoms with E-state index in [0.29, 0.717) is 30.1 Å². The van der Waals surface area contributed by atoms with Crippen molar-refractivity contribution in [2.24, 2.45) is 0 Å². The number of benzene rings is 1. The zero-order valence-electron chi connectivity index (χ0n) is 9.23. The van der Waals surface area contributed by atoms with Gasteiger partial charge in [0.15, 0.2) is 11.5 Å². The monoisotopic (exact) mass is 218 g/mol. The maximum Gasteiger partial charge on any atom is 0.161 e. The second-order valence-electron chi connectivity index (χ2n) is 3.18. The molecule has 0 aliphatic carbocycles. The Morgan fingerprint density at radius 1 is 1.44 bits per heavy atom. The lowest BCUT2D eigenvalue weighted by Crippen LogP contribution is -1.99. The Morgan fingerprint density at radius 2 is 2.25 bits per heavy atom. The van der Waals surface area contributed by atoms with Crippen LogP contribution in [0.5, 0.6) is 11.5 Å². The highest BCUT2D eigenvalue weighted by Crippen LogP contribution is 2.27. The van der Waals surface area contributed by atoms with Crippen LogP contribution in [0.25, 0.3) is 0 Å². The Balaban J connectivity index is 2.65. The molecule has 0 N–H and O–H groups in total. The highest BCUT2D eigenvalue weighted by atomic mass is 16.5. The molecule has 0 amide bonds. The minimum Gasteiger partial charge on any atom is -0.493 e. The molecule has 0 aromatic heterocycles. The highest BCUT2D eigenvalue weighted by molar-refractivity contribution is 5.76. The van der Waals surface area contributed by atoms with Gasteiger partial charge >= 0.3 is 0 Å². The number of hydrogen-bond donors (Lipinski definition) is 0. The zero-order valence-corrected chi connectivity index (χ0v) is 9.23. The van der Waals surface area contributed by atoms with Gasteiger partial charge in [-0.15, -0.1) is 12.3 Å². The lowest BCUT2D eigenvalue weighted by atomic mass is 10.2. The van der Waals surface area contributed by atoms with Gasteiger partial charge < -0.3 is 9.47 Å². The average Bonchev–Trinajstić information content (AvgIpc) is 2.34. The fraction of sp³-hybridized carbons (Fsp3) is 0.308. The standard InChI is InChI=1S/C13H14O3/c1-3-4-5-8-16-12-7-6-11(10-14)9-13(12)15-2/h1,6-7,9-10H,4-5,8H2,2H3. The SMILES string of the molecule is C#CCCCOc1ccc(C=O)cc1OC. The predicted molar refractivity (Wildman–Crippen MR) is 61.9 cm³/mol. The summed E-state index contributed by atoms with van der Waals surface area (Å²) >= 11 is 0. The molecule has 84 valence electrons. The van der Waals surface area contributed by atoms with Crippen molar-refractivity contribution in [2.75, 3.05) is 13.7 Å². The van der Waals surface area contributed by atoms with Crippen LogP contribution in [0.3, 0.4) is 0 Å². The molecule has 0 radical (unpaired) electrons. The van der Waals surface area contributed by atoms with E-state index >= 15 is 0 Å². The van der Waals surface area contributed by atoms with Crippen molar-refractivity contribution in [2.45, 2.75) is 12.8 Å². The molecular weight excluding hydrogens is 204 g/mol. The molecule has 0 saturated heterocycles. The quantitative estimate of drug-likeness (QED) is 0.417. The maximum absolute atomic E-state index is 10.6. The molecule has 0 aliphatic heterocycles. The minimum atomic E-state index is 0.543. The molecule has 0 heterocycles. The van der Waals surface area contributed by atoms with E-state index in [2.05, 4.69) is 5.92 Å². The van der Waals surface area contributed by atoms with E-state index in [9.17, 15) is 4.79 Å². The van der Waals surface area contributed by atoms with E-state index < -0.39 is 0 Å². The van der Waals surface area contributed by atoms with Gasteiger partial charge in [-0.2, -0.15) is 0 Å². The zero-order chi connectivity index (χ0) is 11.8. The number of aldehydes is 1. The van der Waals surface area contributed by atoms with Crippen LogP contribution in [0.1, 0.15) is 23.2 Å². The van der Waals surface area contributed by atoms with Crippen LogP contribution in [0.2, 0.25) is 0 Å². The molecule has 3 nitrogen and oxygen atoms in total. The molecule has 0 bridgehead atoms. The van der Waals surface area contributed by atoms with E-state index in [0.717, 1.165) is 12.7 Å². The first-order valence-corrected chi connectivity index (χ1v) is 5.01. The summed E-state index contributed by atoms with van der Waals surface area (Å²) in [6.45, 7) is 0.543. The topological polar surface area (TPSA) is 35.5 Å². The van der Waals surface area contributed by atoms with Crippen molar-refractivity contribution >= 4 is 6.29 Å². The number of ether oxygens (including phenoxy) is 2. The average molecular weight is 218 g/mol. The van der Waals surface area contributed by atoms with Crippen LogP contribution in [-0.4, -0.2) is 20.0 Å². The number of rotatable bonds is 6. The lowest BCUT2D eigenvalue weighted by Gasteiger charge is -2.10. The molecule has 1 aromatic rings. The molecule has 3 heteroatoms. The normalized spacial score (nSPS) is 9.25. The van der Waals surface area contributed by atoms with Crippen LogP contribution in [0.15, 0.2) is 18.2 Å². The molecular formula is C13H14O3. The number of hydrogen-bond acceptors (Lipinski definition) is 3. The van der Waals surface area contributed by atoms with Crippen molar-refractivity contribution < 1.29 is 14.3 Å². The van der Waals surface area contributed by atoms with Crippen molar-refractivity contribution in [3.8, 4) is 23.8 Å². The van der Waals surface area contributed by atoms with Gasteiger partial charge in [-0.25, -0.2) is 0 Å². The number of unbranched alkanes of at least 4 members (excludes halogenated alkanes) is 1. The minimum absolute atomic E-state index is 0.543. The number of carbonyl (C=O) groups is 1. The van der Waals surface area contributed by atoms with Crippen LogP contribution in [0, 0.1) is 12.3 Å². The summed E-state index contributed by atoms with van der Waals surface area (Å²) in [4.78, 5) is 10.6. The van der Waals surface area contributed by atoms with Gasteiger partial charge in [-0.05, 0) is 24.6 Å². The summed E-state index contributed by atoms with van der Waals surface area (Å²) in [6.07, 6.45) is 7.39. The number of methoxy groups -OCH3 is 1. The Morgan fingerprint density at radius 3 is 2.88 bits per heavy atom. The summed E-state index contributed by atoms with van der Waals surface area (Å²) in [7, 11) is 1.54. The predicted octanol–water partition coefficient (Wildman–Crippen LogP) is 2.30. The molecule has 0 atom stereocenters. The Hall–Kier alpha value is -1.95. The third-order valence-corrected chi connectivity index (χ3v) is 2.05. The number of carbonyl (C=O) groups excluding carboxylic acids is 1. The van der Waals surface area contributed by atoms with Gasteiger partial charge in [0.25, 0.3) is 0 Å². The first-order valence-electron chi connectivity index (χ1n) is 5.01. The summed E-state index contributed by atoms with van der Waals surface area (Å²) in [5, 5.41) is 0. The summed E-state index contributed by atoms with van der Waals surface area (Å²) in [5.41, 5.74) is 0.563. The summed E-state index contributed by atoms with van der Waals surface area (Å²) in [5.74, 6) is 3.73. The third-order valence-electron chi connectivity index (χ3n) is 2.05. The Bertz CT molecular complexity index is 391. The van der Waals surface area contributed by atoms with Gasteiger partial charge in [0.1, 0.15) is 6.29 Å². The molecule has 1 rings (SSSR count). The van der Waals surface area contributed by atoms with E-state index in [1.165, 1.54) is 7.11 Å². The second kappa shape index (κ2) is 6.52. The second-order valence-corrected chi connectivity index (χ2v) is 3.18. The first kappa shape index (κ1) is 12.1. The lowest BCUT2D eigenvalue weighted by molar-refractivity contribution is 0.112.